The van der Waals surface area contributed by atoms with Crippen molar-refractivity contribution in [3.05, 3.63) is 16.0 Å². The highest BCUT2D eigenvalue weighted by Crippen LogP contribution is 2.35. The second-order valence-corrected chi connectivity index (χ2v) is 5.84. The SMILES string of the molecule is CNc1nc(C2CCC(C)O2)nc(C(C)C)c1Br. The molecule has 0 saturated carbocycles. The Bertz CT molecular complexity index is 436. The highest BCUT2D eigenvalue weighted by molar-refractivity contribution is 9.10. The third-order valence-corrected chi connectivity index (χ3v) is 3.98. The smallest absolute Gasteiger partial charge is 0.159 e. The lowest BCUT2D eigenvalue weighted by atomic mass is 10.1. The first-order valence-electron chi connectivity index (χ1n) is 6.43. The summed E-state index contributed by atoms with van der Waals surface area (Å²) >= 11 is 3.57. The van der Waals surface area contributed by atoms with Gasteiger partial charge in [0.25, 0.3) is 0 Å². The van der Waals surface area contributed by atoms with Crippen LogP contribution in [0.25, 0.3) is 0 Å². The molecule has 1 aliphatic heterocycles. The number of ether oxygens (including phenoxy) is 1. The normalized spacial score (nSPS) is 23.7. The fourth-order valence-corrected chi connectivity index (χ4v) is 3.00. The average molecular weight is 314 g/mol. The summed E-state index contributed by atoms with van der Waals surface area (Å²) in [6.07, 6.45) is 2.43. The molecule has 2 atom stereocenters. The van der Waals surface area contributed by atoms with Crippen molar-refractivity contribution in [1.82, 2.24) is 9.97 Å². The van der Waals surface area contributed by atoms with Gasteiger partial charge in [0, 0.05) is 7.05 Å². The number of aromatic nitrogens is 2. The van der Waals surface area contributed by atoms with E-state index in [9.17, 15) is 0 Å². The lowest BCUT2D eigenvalue weighted by molar-refractivity contribution is 0.0502. The van der Waals surface area contributed by atoms with Crippen molar-refractivity contribution >= 4 is 21.7 Å². The maximum absolute atomic E-state index is 5.85. The molecule has 0 aliphatic carbocycles. The number of nitrogens with one attached hydrogen (secondary N) is 1. The predicted molar refractivity (Wildman–Crippen MR) is 75.9 cm³/mol. The standard InChI is InChI=1S/C13H20BrN3O/c1-7(2)11-10(14)13(15-4)17-12(16-11)9-6-5-8(3)18-9/h7-9H,5-6H2,1-4H3,(H,15,16,17). The van der Waals surface area contributed by atoms with Crippen LogP contribution in [0.3, 0.4) is 0 Å². The molecule has 18 heavy (non-hydrogen) atoms. The van der Waals surface area contributed by atoms with E-state index in [0.29, 0.717) is 12.0 Å². The molecule has 0 bridgehead atoms. The molecule has 2 rings (SSSR count). The van der Waals surface area contributed by atoms with Gasteiger partial charge in [0.05, 0.1) is 16.3 Å². The van der Waals surface area contributed by atoms with Gasteiger partial charge < -0.3 is 10.1 Å². The van der Waals surface area contributed by atoms with Crippen LogP contribution >= 0.6 is 15.9 Å². The average Bonchev–Trinajstić information content (AvgIpc) is 2.76. The fourth-order valence-electron chi connectivity index (χ4n) is 2.17. The fraction of sp³-hybridized carbons (Fsp3) is 0.692. The van der Waals surface area contributed by atoms with Gasteiger partial charge in [0.1, 0.15) is 11.9 Å². The van der Waals surface area contributed by atoms with Crippen molar-refractivity contribution in [3.8, 4) is 0 Å². The van der Waals surface area contributed by atoms with Gasteiger partial charge in [0.15, 0.2) is 5.82 Å². The summed E-state index contributed by atoms with van der Waals surface area (Å²) in [7, 11) is 1.87. The first kappa shape index (κ1) is 13.7. The van der Waals surface area contributed by atoms with E-state index in [1.165, 1.54) is 0 Å². The third-order valence-electron chi connectivity index (χ3n) is 3.20. The molecule has 0 radical (unpaired) electrons. The van der Waals surface area contributed by atoms with Crippen LogP contribution in [0, 0.1) is 0 Å². The van der Waals surface area contributed by atoms with Gasteiger partial charge in [-0.2, -0.15) is 0 Å². The van der Waals surface area contributed by atoms with E-state index in [-0.39, 0.29) is 6.10 Å². The van der Waals surface area contributed by atoms with Gasteiger partial charge >= 0.3 is 0 Å². The predicted octanol–water partition coefficient (Wildman–Crippen LogP) is 3.64. The summed E-state index contributed by atoms with van der Waals surface area (Å²) in [4.78, 5) is 9.23. The zero-order chi connectivity index (χ0) is 13.3. The third kappa shape index (κ3) is 2.67. The van der Waals surface area contributed by atoms with E-state index in [1.807, 2.05) is 7.05 Å². The Hall–Kier alpha value is -0.680. The molecule has 1 saturated heterocycles. The Balaban J connectivity index is 2.39. The molecule has 2 unspecified atom stereocenters. The van der Waals surface area contributed by atoms with Crippen molar-refractivity contribution in [1.29, 1.82) is 0 Å². The lowest BCUT2D eigenvalue weighted by Gasteiger charge is -2.16. The van der Waals surface area contributed by atoms with E-state index in [1.54, 1.807) is 0 Å². The monoisotopic (exact) mass is 313 g/mol. The molecule has 1 aromatic heterocycles. The quantitative estimate of drug-likeness (QED) is 0.925. The second-order valence-electron chi connectivity index (χ2n) is 5.05. The highest BCUT2D eigenvalue weighted by atomic mass is 79.9. The Morgan fingerprint density at radius 2 is 2.06 bits per heavy atom. The molecule has 4 nitrogen and oxygen atoms in total. The Kier molecular flexibility index (Phi) is 4.22. The van der Waals surface area contributed by atoms with Crippen LogP contribution < -0.4 is 5.32 Å². The summed E-state index contributed by atoms with van der Waals surface area (Å²) in [5, 5.41) is 3.11. The van der Waals surface area contributed by atoms with Crippen LogP contribution in [-0.2, 0) is 4.74 Å². The topological polar surface area (TPSA) is 47.0 Å². The number of halogens is 1. The lowest BCUT2D eigenvalue weighted by Crippen LogP contribution is -2.11. The van der Waals surface area contributed by atoms with Gasteiger partial charge in [-0.25, -0.2) is 9.97 Å². The van der Waals surface area contributed by atoms with Gasteiger partial charge in [-0.3, -0.25) is 0 Å². The zero-order valence-electron chi connectivity index (χ0n) is 11.3. The molecule has 0 amide bonds. The molecule has 0 aromatic carbocycles. The van der Waals surface area contributed by atoms with E-state index in [2.05, 4.69) is 52.0 Å². The number of rotatable bonds is 3. The van der Waals surface area contributed by atoms with Crippen LogP contribution in [0.2, 0.25) is 0 Å². The minimum absolute atomic E-state index is 0.0395. The largest absolute Gasteiger partial charge is 0.372 e. The molecule has 1 aliphatic rings. The number of nitrogens with zero attached hydrogens (tertiary/aromatic N) is 2. The molecule has 1 N–H and O–H groups in total. The zero-order valence-corrected chi connectivity index (χ0v) is 12.9. The van der Waals surface area contributed by atoms with Gasteiger partial charge in [-0.15, -0.1) is 0 Å². The first-order valence-corrected chi connectivity index (χ1v) is 7.22. The summed E-state index contributed by atoms with van der Waals surface area (Å²) in [6.45, 7) is 6.37. The molecular weight excluding hydrogens is 294 g/mol. The minimum atomic E-state index is 0.0395. The molecular formula is C13H20BrN3O. The van der Waals surface area contributed by atoms with E-state index in [4.69, 9.17) is 4.74 Å². The molecule has 2 heterocycles. The van der Waals surface area contributed by atoms with Gasteiger partial charge in [-0.05, 0) is 41.6 Å². The van der Waals surface area contributed by atoms with Crippen LogP contribution in [-0.4, -0.2) is 23.1 Å². The molecule has 0 spiro atoms. The molecule has 1 aromatic rings. The van der Waals surface area contributed by atoms with Crippen molar-refractivity contribution in [2.75, 3.05) is 12.4 Å². The van der Waals surface area contributed by atoms with Crippen molar-refractivity contribution in [2.24, 2.45) is 0 Å². The van der Waals surface area contributed by atoms with E-state index in [0.717, 1.165) is 34.7 Å². The molecule has 100 valence electrons. The van der Waals surface area contributed by atoms with Crippen molar-refractivity contribution in [3.63, 3.8) is 0 Å². The number of anilines is 1. The maximum atomic E-state index is 5.85. The van der Waals surface area contributed by atoms with Crippen LogP contribution in [0.4, 0.5) is 5.82 Å². The van der Waals surface area contributed by atoms with E-state index >= 15 is 0 Å². The number of hydrogen-bond acceptors (Lipinski definition) is 4. The molecule has 5 heteroatoms. The first-order chi connectivity index (χ1) is 8.52. The minimum Gasteiger partial charge on any atom is -0.372 e. The number of hydrogen-bond donors (Lipinski definition) is 1. The van der Waals surface area contributed by atoms with Gasteiger partial charge in [0.2, 0.25) is 0 Å². The van der Waals surface area contributed by atoms with Crippen LogP contribution in [0.5, 0.6) is 0 Å². The summed E-state index contributed by atoms with van der Waals surface area (Å²) in [5.74, 6) is 1.99. The summed E-state index contributed by atoms with van der Waals surface area (Å²) < 4.78 is 6.81. The highest BCUT2D eigenvalue weighted by Gasteiger charge is 2.27. The Labute approximate surface area is 117 Å². The van der Waals surface area contributed by atoms with Crippen LogP contribution in [0.15, 0.2) is 4.47 Å². The van der Waals surface area contributed by atoms with E-state index < -0.39 is 0 Å². The molecule has 1 fully saturated rings. The Morgan fingerprint density at radius 1 is 1.33 bits per heavy atom. The summed E-state index contributed by atoms with van der Waals surface area (Å²) in [6, 6.07) is 0. The van der Waals surface area contributed by atoms with Gasteiger partial charge in [-0.1, -0.05) is 13.8 Å². The van der Waals surface area contributed by atoms with Crippen molar-refractivity contribution in [2.45, 2.75) is 51.7 Å². The maximum Gasteiger partial charge on any atom is 0.159 e. The van der Waals surface area contributed by atoms with Crippen LogP contribution in [0.1, 0.15) is 57.2 Å². The summed E-state index contributed by atoms with van der Waals surface area (Å²) in [5.41, 5.74) is 1.03. The Morgan fingerprint density at radius 3 is 2.56 bits per heavy atom. The van der Waals surface area contributed by atoms with Crippen molar-refractivity contribution < 1.29 is 4.74 Å². The second kappa shape index (κ2) is 5.53.